The van der Waals surface area contributed by atoms with Gasteiger partial charge in [-0.1, -0.05) is 17.7 Å². The van der Waals surface area contributed by atoms with Crippen LogP contribution in [0, 0.1) is 6.92 Å². The second kappa shape index (κ2) is 6.73. The summed E-state index contributed by atoms with van der Waals surface area (Å²) in [6, 6.07) is 7.98. The maximum absolute atomic E-state index is 6.12. The first-order valence-corrected chi connectivity index (χ1v) is 7.04. The standard InChI is InChI=1S/C16H19ClN2O/c1-4-20-14-7-12(9-19-10-14)16(18-3)15-8-13(17)6-5-11(15)2/h5-10,16,18H,4H2,1-3H3. The molecule has 2 rings (SSSR count). The summed E-state index contributed by atoms with van der Waals surface area (Å²) in [5, 5.41) is 4.05. The van der Waals surface area contributed by atoms with Crippen molar-refractivity contribution in [1.82, 2.24) is 10.3 Å². The van der Waals surface area contributed by atoms with Gasteiger partial charge in [0.1, 0.15) is 5.75 Å². The summed E-state index contributed by atoms with van der Waals surface area (Å²) in [6.07, 6.45) is 3.58. The van der Waals surface area contributed by atoms with Crippen LogP contribution in [0.2, 0.25) is 5.02 Å². The van der Waals surface area contributed by atoms with Crippen LogP contribution in [0.25, 0.3) is 0 Å². The number of nitrogens with zero attached hydrogens (tertiary/aromatic N) is 1. The zero-order valence-electron chi connectivity index (χ0n) is 12.0. The topological polar surface area (TPSA) is 34.1 Å². The van der Waals surface area contributed by atoms with Crippen molar-refractivity contribution >= 4 is 11.6 Å². The zero-order chi connectivity index (χ0) is 14.5. The van der Waals surface area contributed by atoms with Gasteiger partial charge >= 0.3 is 0 Å². The Labute approximate surface area is 124 Å². The molecule has 0 spiro atoms. The summed E-state index contributed by atoms with van der Waals surface area (Å²) in [6.45, 7) is 4.67. The third-order valence-corrected chi connectivity index (χ3v) is 3.45. The van der Waals surface area contributed by atoms with Gasteiger partial charge in [-0.15, -0.1) is 0 Å². The molecule has 0 radical (unpaired) electrons. The van der Waals surface area contributed by atoms with Gasteiger partial charge < -0.3 is 10.1 Å². The minimum atomic E-state index is 0.0432. The van der Waals surface area contributed by atoms with Crippen molar-refractivity contribution in [3.8, 4) is 5.75 Å². The third kappa shape index (κ3) is 3.30. The first-order chi connectivity index (χ1) is 9.65. The van der Waals surface area contributed by atoms with Crippen LogP contribution < -0.4 is 10.1 Å². The molecule has 0 aliphatic carbocycles. The van der Waals surface area contributed by atoms with Crippen LogP contribution in [-0.2, 0) is 0 Å². The molecule has 20 heavy (non-hydrogen) atoms. The highest BCUT2D eigenvalue weighted by Crippen LogP contribution is 2.28. The SMILES string of the molecule is CCOc1cncc(C(NC)c2cc(Cl)ccc2C)c1. The van der Waals surface area contributed by atoms with E-state index in [4.69, 9.17) is 16.3 Å². The Kier molecular flexibility index (Phi) is 4.99. The molecule has 0 saturated heterocycles. The Bertz CT molecular complexity index is 586. The lowest BCUT2D eigenvalue weighted by molar-refractivity contribution is 0.338. The molecule has 0 aliphatic heterocycles. The quantitative estimate of drug-likeness (QED) is 0.910. The van der Waals surface area contributed by atoms with Gasteiger partial charge in [0.05, 0.1) is 18.8 Å². The Balaban J connectivity index is 2.41. The average molecular weight is 291 g/mol. The van der Waals surface area contributed by atoms with Gasteiger partial charge in [-0.05, 0) is 55.8 Å². The predicted molar refractivity (Wildman–Crippen MR) is 82.5 cm³/mol. The van der Waals surface area contributed by atoms with Crippen molar-refractivity contribution in [2.24, 2.45) is 0 Å². The Morgan fingerprint density at radius 3 is 2.80 bits per heavy atom. The molecule has 1 atom stereocenters. The molecule has 0 fully saturated rings. The molecule has 0 aliphatic rings. The van der Waals surface area contributed by atoms with E-state index in [2.05, 4.69) is 17.2 Å². The number of nitrogens with one attached hydrogen (secondary N) is 1. The van der Waals surface area contributed by atoms with E-state index in [9.17, 15) is 0 Å². The molecule has 4 heteroatoms. The molecular weight excluding hydrogens is 272 g/mol. The number of hydrogen-bond acceptors (Lipinski definition) is 3. The van der Waals surface area contributed by atoms with Crippen molar-refractivity contribution in [3.63, 3.8) is 0 Å². The fraction of sp³-hybridized carbons (Fsp3) is 0.312. The fourth-order valence-electron chi connectivity index (χ4n) is 2.26. The molecule has 1 N–H and O–H groups in total. The van der Waals surface area contributed by atoms with E-state index in [1.54, 1.807) is 6.20 Å². The number of aryl methyl sites for hydroxylation is 1. The van der Waals surface area contributed by atoms with Crippen LogP contribution in [0.3, 0.4) is 0 Å². The van der Waals surface area contributed by atoms with E-state index in [0.717, 1.165) is 21.9 Å². The predicted octanol–water partition coefficient (Wildman–Crippen LogP) is 3.75. The molecule has 2 aromatic rings. The highest BCUT2D eigenvalue weighted by molar-refractivity contribution is 6.30. The molecule has 1 unspecified atom stereocenters. The number of benzene rings is 1. The van der Waals surface area contributed by atoms with Gasteiger partial charge in [-0.3, -0.25) is 4.98 Å². The van der Waals surface area contributed by atoms with Crippen LogP contribution >= 0.6 is 11.6 Å². The van der Waals surface area contributed by atoms with Gasteiger partial charge in [0.15, 0.2) is 0 Å². The summed E-state index contributed by atoms with van der Waals surface area (Å²) < 4.78 is 5.51. The van der Waals surface area contributed by atoms with Gasteiger partial charge in [0, 0.05) is 11.2 Å². The van der Waals surface area contributed by atoms with Crippen LogP contribution in [0.1, 0.15) is 29.7 Å². The summed E-state index contributed by atoms with van der Waals surface area (Å²) >= 11 is 6.12. The van der Waals surface area contributed by atoms with Gasteiger partial charge in [-0.2, -0.15) is 0 Å². The molecule has 1 heterocycles. The number of halogens is 1. The van der Waals surface area contributed by atoms with Gasteiger partial charge in [-0.25, -0.2) is 0 Å². The third-order valence-electron chi connectivity index (χ3n) is 3.22. The second-order valence-corrected chi connectivity index (χ2v) is 5.05. The number of hydrogen-bond donors (Lipinski definition) is 1. The second-order valence-electron chi connectivity index (χ2n) is 4.61. The van der Waals surface area contributed by atoms with E-state index < -0.39 is 0 Å². The van der Waals surface area contributed by atoms with Crippen molar-refractivity contribution in [2.45, 2.75) is 19.9 Å². The largest absolute Gasteiger partial charge is 0.492 e. The van der Waals surface area contributed by atoms with E-state index in [1.165, 1.54) is 5.56 Å². The van der Waals surface area contributed by atoms with E-state index in [-0.39, 0.29) is 6.04 Å². The minimum absolute atomic E-state index is 0.0432. The van der Waals surface area contributed by atoms with E-state index in [0.29, 0.717) is 6.61 Å². The molecule has 1 aromatic heterocycles. The first-order valence-electron chi connectivity index (χ1n) is 6.66. The summed E-state index contributed by atoms with van der Waals surface area (Å²) in [5.74, 6) is 0.782. The van der Waals surface area contributed by atoms with Crippen molar-refractivity contribution in [2.75, 3.05) is 13.7 Å². The number of rotatable bonds is 5. The van der Waals surface area contributed by atoms with Crippen LogP contribution in [-0.4, -0.2) is 18.6 Å². The lowest BCUT2D eigenvalue weighted by Gasteiger charge is -2.20. The average Bonchev–Trinajstić information content (AvgIpc) is 2.44. The Morgan fingerprint density at radius 1 is 1.30 bits per heavy atom. The summed E-state index contributed by atoms with van der Waals surface area (Å²) in [7, 11) is 1.93. The van der Waals surface area contributed by atoms with E-state index >= 15 is 0 Å². The highest BCUT2D eigenvalue weighted by atomic mass is 35.5. The van der Waals surface area contributed by atoms with Crippen LogP contribution in [0.5, 0.6) is 5.75 Å². The van der Waals surface area contributed by atoms with Crippen molar-refractivity contribution < 1.29 is 4.74 Å². The lowest BCUT2D eigenvalue weighted by atomic mass is 9.96. The van der Waals surface area contributed by atoms with E-state index in [1.807, 2.05) is 44.4 Å². The monoisotopic (exact) mass is 290 g/mol. The van der Waals surface area contributed by atoms with Gasteiger partial charge in [0.2, 0.25) is 0 Å². The molecule has 0 bridgehead atoms. The number of ether oxygens (including phenoxy) is 1. The van der Waals surface area contributed by atoms with Crippen LogP contribution in [0.4, 0.5) is 0 Å². The number of pyridine rings is 1. The van der Waals surface area contributed by atoms with Crippen molar-refractivity contribution in [1.29, 1.82) is 0 Å². The molecule has 0 saturated carbocycles. The number of aromatic nitrogens is 1. The Hall–Kier alpha value is -1.58. The fourth-order valence-corrected chi connectivity index (χ4v) is 2.44. The summed E-state index contributed by atoms with van der Waals surface area (Å²) in [4.78, 5) is 4.25. The normalized spacial score (nSPS) is 12.2. The maximum atomic E-state index is 6.12. The maximum Gasteiger partial charge on any atom is 0.137 e. The molecule has 1 aromatic carbocycles. The van der Waals surface area contributed by atoms with Crippen molar-refractivity contribution in [3.05, 3.63) is 58.4 Å². The molecule has 106 valence electrons. The Morgan fingerprint density at radius 2 is 2.10 bits per heavy atom. The smallest absolute Gasteiger partial charge is 0.137 e. The molecule has 3 nitrogen and oxygen atoms in total. The first kappa shape index (κ1) is 14.8. The van der Waals surface area contributed by atoms with Crippen LogP contribution in [0.15, 0.2) is 36.7 Å². The van der Waals surface area contributed by atoms with Gasteiger partial charge in [0.25, 0.3) is 0 Å². The summed E-state index contributed by atoms with van der Waals surface area (Å²) in [5.41, 5.74) is 3.40. The minimum Gasteiger partial charge on any atom is -0.492 e. The lowest BCUT2D eigenvalue weighted by Crippen LogP contribution is -2.19. The molecule has 0 amide bonds. The highest BCUT2D eigenvalue weighted by Gasteiger charge is 2.15. The molecular formula is C16H19ClN2O. The zero-order valence-corrected chi connectivity index (χ0v) is 12.7.